The van der Waals surface area contributed by atoms with Gasteiger partial charge in [0.2, 0.25) is 5.88 Å². The van der Waals surface area contributed by atoms with Gasteiger partial charge in [-0.05, 0) is 46.7 Å². The van der Waals surface area contributed by atoms with Crippen LogP contribution in [-0.2, 0) is 12.8 Å². The predicted molar refractivity (Wildman–Crippen MR) is 122 cm³/mol. The molecule has 0 bridgehead atoms. The molecule has 0 spiro atoms. The molecule has 0 saturated heterocycles. The van der Waals surface area contributed by atoms with Crippen molar-refractivity contribution in [1.29, 1.82) is 0 Å². The fourth-order valence-electron chi connectivity index (χ4n) is 3.13. The Bertz CT molecular complexity index is 1190. The lowest BCUT2D eigenvalue weighted by atomic mass is 10.0. The van der Waals surface area contributed by atoms with Crippen molar-refractivity contribution in [2.45, 2.75) is 12.8 Å². The van der Waals surface area contributed by atoms with Crippen molar-refractivity contribution < 1.29 is 9.90 Å². The first-order valence-electron chi connectivity index (χ1n) is 9.49. The summed E-state index contributed by atoms with van der Waals surface area (Å²) < 4.78 is 0. The van der Waals surface area contributed by atoms with Gasteiger partial charge in [-0.3, -0.25) is 14.6 Å². The van der Waals surface area contributed by atoms with E-state index in [4.69, 9.17) is 0 Å². The van der Waals surface area contributed by atoms with E-state index in [0.29, 0.717) is 23.4 Å². The standard InChI is InChI=1S/C23H20N2O3S2/c26-21(17-4-2-1-3-5-17)24-11-10-19-13-18(14-29-19)16-8-6-15(7-9-16)12-20-22(27)25-23(28)30-20/h1-9,13-14,27H,10-12H2,(H,24,26)(H,25,28). The average molecular weight is 437 g/mol. The van der Waals surface area contributed by atoms with Crippen LogP contribution >= 0.6 is 22.7 Å². The number of aromatic hydroxyl groups is 1. The Morgan fingerprint density at radius 3 is 2.50 bits per heavy atom. The van der Waals surface area contributed by atoms with Crippen LogP contribution < -0.4 is 10.2 Å². The highest BCUT2D eigenvalue weighted by atomic mass is 32.1. The zero-order valence-corrected chi connectivity index (χ0v) is 17.7. The van der Waals surface area contributed by atoms with E-state index in [9.17, 15) is 14.7 Å². The van der Waals surface area contributed by atoms with Gasteiger partial charge in [-0.15, -0.1) is 11.3 Å². The number of aromatic nitrogens is 1. The Morgan fingerprint density at radius 2 is 1.80 bits per heavy atom. The van der Waals surface area contributed by atoms with E-state index in [2.05, 4.69) is 21.7 Å². The zero-order valence-electron chi connectivity index (χ0n) is 16.1. The van der Waals surface area contributed by atoms with Crippen molar-refractivity contribution in [1.82, 2.24) is 10.3 Å². The van der Waals surface area contributed by atoms with E-state index in [-0.39, 0.29) is 16.7 Å². The number of thiazole rings is 1. The largest absolute Gasteiger partial charge is 0.494 e. The number of nitrogens with one attached hydrogen (secondary N) is 2. The lowest BCUT2D eigenvalue weighted by Crippen LogP contribution is -2.25. The molecule has 2 aromatic heterocycles. The molecule has 0 fully saturated rings. The molecule has 7 heteroatoms. The highest BCUT2D eigenvalue weighted by molar-refractivity contribution is 7.10. The zero-order chi connectivity index (χ0) is 20.9. The molecule has 2 heterocycles. The third-order valence-corrected chi connectivity index (χ3v) is 6.57. The van der Waals surface area contributed by atoms with Gasteiger partial charge < -0.3 is 10.4 Å². The second-order valence-corrected chi connectivity index (χ2v) is 8.90. The number of thiophene rings is 1. The molecule has 3 N–H and O–H groups in total. The van der Waals surface area contributed by atoms with Crippen molar-refractivity contribution >= 4 is 28.6 Å². The second-order valence-electron chi connectivity index (χ2n) is 6.83. The minimum Gasteiger partial charge on any atom is -0.494 e. The van der Waals surface area contributed by atoms with Gasteiger partial charge in [-0.25, -0.2) is 0 Å². The Morgan fingerprint density at radius 1 is 1.03 bits per heavy atom. The van der Waals surface area contributed by atoms with Gasteiger partial charge in [0.15, 0.2) is 0 Å². The molecule has 1 amide bonds. The minimum atomic E-state index is -0.245. The number of carbonyl (C=O) groups is 1. The predicted octanol–water partition coefficient (Wildman–Crippen LogP) is 4.43. The normalized spacial score (nSPS) is 10.8. The van der Waals surface area contributed by atoms with E-state index in [1.807, 2.05) is 42.5 Å². The van der Waals surface area contributed by atoms with E-state index in [1.54, 1.807) is 23.5 Å². The quantitative estimate of drug-likeness (QED) is 0.401. The summed E-state index contributed by atoms with van der Waals surface area (Å²) in [4.78, 5) is 27.4. The fraction of sp³-hybridized carbons (Fsp3) is 0.130. The van der Waals surface area contributed by atoms with Crippen molar-refractivity contribution in [2.75, 3.05) is 6.54 Å². The third kappa shape index (κ3) is 4.87. The van der Waals surface area contributed by atoms with Crippen molar-refractivity contribution in [3.63, 3.8) is 0 Å². The molecule has 0 atom stereocenters. The highest BCUT2D eigenvalue weighted by Crippen LogP contribution is 2.27. The number of benzene rings is 2. The molecule has 0 radical (unpaired) electrons. The van der Waals surface area contributed by atoms with Crippen LogP contribution in [0.15, 0.2) is 70.8 Å². The molecule has 0 aliphatic rings. The Labute approximate surface area is 181 Å². The monoisotopic (exact) mass is 436 g/mol. The number of amides is 1. The van der Waals surface area contributed by atoms with Gasteiger partial charge in [-0.1, -0.05) is 53.8 Å². The van der Waals surface area contributed by atoms with Crippen LogP contribution in [0.1, 0.15) is 25.7 Å². The molecule has 2 aromatic carbocycles. The molecular weight excluding hydrogens is 416 g/mol. The maximum atomic E-state index is 12.1. The summed E-state index contributed by atoms with van der Waals surface area (Å²) in [5.41, 5.74) is 3.96. The Balaban J connectivity index is 1.34. The summed E-state index contributed by atoms with van der Waals surface area (Å²) >= 11 is 2.71. The molecule has 4 aromatic rings. The number of hydrogen-bond donors (Lipinski definition) is 3. The maximum absolute atomic E-state index is 12.1. The van der Waals surface area contributed by atoms with Crippen LogP contribution in [0.25, 0.3) is 11.1 Å². The number of H-pyrrole nitrogens is 1. The molecule has 0 saturated carbocycles. The Kier molecular flexibility index (Phi) is 6.11. The summed E-state index contributed by atoms with van der Waals surface area (Å²) in [7, 11) is 0. The lowest BCUT2D eigenvalue weighted by Gasteiger charge is -2.04. The fourth-order valence-corrected chi connectivity index (χ4v) is 4.78. The van der Waals surface area contributed by atoms with Crippen LogP contribution in [0, 0.1) is 0 Å². The number of aromatic amines is 1. The molecule has 30 heavy (non-hydrogen) atoms. The summed E-state index contributed by atoms with van der Waals surface area (Å²) in [6.45, 7) is 0.593. The first kappa shape index (κ1) is 20.1. The van der Waals surface area contributed by atoms with Gasteiger partial charge in [0.1, 0.15) is 0 Å². The summed E-state index contributed by atoms with van der Waals surface area (Å²) in [5, 5.41) is 14.8. The highest BCUT2D eigenvalue weighted by Gasteiger charge is 2.09. The topological polar surface area (TPSA) is 82.2 Å². The Hall–Kier alpha value is -3.16. The lowest BCUT2D eigenvalue weighted by molar-refractivity contribution is 0.0954. The van der Waals surface area contributed by atoms with E-state index < -0.39 is 0 Å². The number of hydrogen-bond acceptors (Lipinski definition) is 5. The van der Waals surface area contributed by atoms with Crippen LogP contribution in [0.2, 0.25) is 0 Å². The number of rotatable bonds is 7. The van der Waals surface area contributed by atoms with Gasteiger partial charge in [0.25, 0.3) is 5.91 Å². The molecule has 0 aliphatic carbocycles. The van der Waals surface area contributed by atoms with Crippen molar-refractivity contribution in [2.24, 2.45) is 0 Å². The van der Waals surface area contributed by atoms with E-state index in [0.717, 1.165) is 34.4 Å². The van der Waals surface area contributed by atoms with E-state index in [1.165, 1.54) is 4.88 Å². The van der Waals surface area contributed by atoms with Crippen molar-refractivity contribution in [3.8, 4) is 17.0 Å². The van der Waals surface area contributed by atoms with Gasteiger partial charge >= 0.3 is 4.87 Å². The SMILES string of the molecule is O=C(NCCc1cc(-c2ccc(Cc3sc(=O)[nH]c3O)cc2)cs1)c1ccccc1. The summed E-state index contributed by atoms with van der Waals surface area (Å²) in [5.74, 6) is -0.0997. The second kappa shape index (κ2) is 9.11. The molecule has 0 unspecified atom stereocenters. The van der Waals surface area contributed by atoms with Gasteiger partial charge in [0, 0.05) is 23.4 Å². The molecular formula is C23H20N2O3S2. The minimum absolute atomic E-state index is 0.0455. The van der Waals surface area contributed by atoms with Crippen LogP contribution in [0.3, 0.4) is 0 Å². The summed E-state index contributed by atoms with van der Waals surface area (Å²) in [6, 6.07) is 19.5. The summed E-state index contributed by atoms with van der Waals surface area (Å²) in [6.07, 6.45) is 1.30. The van der Waals surface area contributed by atoms with Crippen LogP contribution in [0.4, 0.5) is 0 Å². The maximum Gasteiger partial charge on any atom is 0.307 e. The van der Waals surface area contributed by atoms with Crippen LogP contribution in [-0.4, -0.2) is 22.5 Å². The smallest absolute Gasteiger partial charge is 0.307 e. The molecule has 4 rings (SSSR count). The molecule has 5 nitrogen and oxygen atoms in total. The molecule has 152 valence electrons. The third-order valence-electron chi connectivity index (χ3n) is 4.70. The molecule has 0 aliphatic heterocycles. The number of carbonyl (C=O) groups excluding carboxylic acids is 1. The van der Waals surface area contributed by atoms with Crippen molar-refractivity contribution in [3.05, 3.63) is 96.6 Å². The van der Waals surface area contributed by atoms with Gasteiger partial charge in [-0.2, -0.15) is 0 Å². The van der Waals surface area contributed by atoms with Crippen LogP contribution in [0.5, 0.6) is 5.88 Å². The van der Waals surface area contributed by atoms with E-state index >= 15 is 0 Å². The average Bonchev–Trinajstić information content (AvgIpc) is 3.35. The van der Waals surface area contributed by atoms with Gasteiger partial charge in [0.05, 0.1) is 4.88 Å². The first-order valence-corrected chi connectivity index (χ1v) is 11.2. The first-order chi connectivity index (χ1) is 14.6.